The fourth-order valence-electron chi connectivity index (χ4n) is 4.53. The van der Waals surface area contributed by atoms with E-state index in [-0.39, 0.29) is 5.91 Å². The van der Waals surface area contributed by atoms with Gasteiger partial charge < -0.3 is 4.90 Å². The van der Waals surface area contributed by atoms with Crippen LogP contribution in [-0.2, 0) is 11.3 Å². The lowest BCUT2D eigenvalue weighted by atomic mass is 9.86. The standard InChI is InChI=1S/C20H25N3O/c1-22(20(24)11-18-10-15-7-8-17(18)9-15)13-16-12-21-23(14-16)19-5-3-2-4-6-19/h2-6,12,14-15,17-18H,7-11,13H2,1H3. The monoisotopic (exact) mass is 323 g/mol. The molecular formula is C20H25N3O. The molecule has 1 heterocycles. The molecule has 0 aliphatic heterocycles. The van der Waals surface area contributed by atoms with Crippen molar-refractivity contribution in [1.82, 2.24) is 14.7 Å². The Balaban J connectivity index is 1.35. The van der Waals surface area contributed by atoms with Crippen molar-refractivity contribution >= 4 is 5.91 Å². The fourth-order valence-corrected chi connectivity index (χ4v) is 4.53. The quantitative estimate of drug-likeness (QED) is 0.842. The van der Waals surface area contributed by atoms with Gasteiger partial charge in [-0.2, -0.15) is 5.10 Å². The molecule has 1 amide bonds. The van der Waals surface area contributed by atoms with Gasteiger partial charge in [-0.1, -0.05) is 24.6 Å². The van der Waals surface area contributed by atoms with Crippen LogP contribution < -0.4 is 0 Å². The van der Waals surface area contributed by atoms with Crippen molar-refractivity contribution < 1.29 is 4.79 Å². The maximum Gasteiger partial charge on any atom is 0.222 e. The number of hydrogen-bond acceptors (Lipinski definition) is 2. The second-order valence-corrected chi connectivity index (χ2v) is 7.52. The highest BCUT2D eigenvalue weighted by molar-refractivity contribution is 5.76. The molecule has 24 heavy (non-hydrogen) atoms. The first-order valence-corrected chi connectivity index (χ1v) is 9.02. The first-order valence-electron chi connectivity index (χ1n) is 9.02. The van der Waals surface area contributed by atoms with E-state index in [0.29, 0.717) is 12.5 Å². The minimum atomic E-state index is 0.278. The zero-order chi connectivity index (χ0) is 16.5. The topological polar surface area (TPSA) is 38.1 Å². The van der Waals surface area contributed by atoms with Gasteiger partial charge in [-0.25, -0.2) is 4.68 Å². The van der Waals surface area contributed by atoms with Gasteiger partial charge in [0.05, 0.1) is 11.9 Å². The molecule has 0 spiro atoms. The van der Waals surface area contributed by atoms with Crippen LogP contribution in [0.1, 0.15) is 37.7 Å². The molecule has 2 aliphatic carbocycles. The molecule has 1 aromatic carbocycles. The lowest BCUT2D eigenvalue weighted by Gasteiger charge is -2.24. The van der Waals surface area contributed by atoms with E-state index in [4.69, 9.17) is 0 Å². The maximum atomic E-state index is 12.6. The van der Waals surface area contributed by atoms with Crippen LogP contribution in [-0.4, -0.2) is 27.6 Å². The summed E-state index contributed by atoms with van der Waals surface area (Å²) in [6.07, 6.45) is 9.97. The highest BCUT2D eigenvalue weighted by Crippen LogP contribution is 2.49. The number of nitrogens with zero attached hydrogens (tertiary/aromatic N) is 3. The first-order chi connectivity index (χ1) is 11.7. The van der Waals surface area contributed by atoms with Crippen LogP contribution in [0.3, 0.4) is 0 Å². The molecule has 2 bridgehead atoms. The molecule has 0 saturated heterocycles. The average Bonchev–Trinajstić information content (AvgIpc) is 3.32. The Morgan fingerprint density at radius 1 is 1.25 bits per heavy atom. The number of aromatic nitrogens is 2. The van der Waals surface area contributed by atoms with Crippen LogP contribution in [0, 0.1) is 17.8 Å². The van der Waals surface area contributed by atoms with Gasteiger partial charge in [0.15, 0.2) is 0 Å². The Bertz CT molecular complexity index is 709. The summed E-state index contributed by atoms with van der Waals surface area (Å²) in [6.45, 7) is 0.631. The number of carbonyl (C=O) groups is 1. The molecule has 2 aromatic rings. The lowest BCUT2D eigenvalue weighted by molar-refractivity contribution is -0.131. The normalized spacial score (nSPS) is 25.1. The SMILES string of the molecule is CN(Cc1cnn(-c2ccccc2)c1)C(=O)CC1CC2CCC1C2. The third-order valence-corrected chi connectivity index (χ3v) is 5.82. The van der Waals surface area contributed by atoms with Gasteiger partial charge in [0.25, 0.3) is 0 Å². The van der Waals surface area contributed by atoms with Gasteiger partial charge in [0.1, 0.15) is 0 Å². The molecule has 0 radical (unpaired) electrons. The number of rotatable bonds is 5. The third kappa shape index (κ3) is 3.10. The molecule has 126 valence electrons. The summed E-state index contributed by atoms with van der Waals surface area (Å²) in [4.78, 5) is 14.4. The third-order valence-electron chi connectivity index (χ3n) is 5.82. The fraction of sp³-hybridized carbons (Fsp3) is 0.500. The smallest absolute Gasteiger partial charge is 0.222 e. The van der Waals surface area contributed by atoms with E-state index in [9.17, 15) is 4.79 Å². The van der Waals surface area contributed by atoms with E-state index in [1.54, 1.807) is 0 Å². The summed E-state index contributed by atoms with van der Waals surface area (Å²) >= 11 is 0. The molecule has 2 fully saturated rings. The van der Waals surface area contributed by atoms with E-state index < -0.39 is 0 Å². The van der Waals surface area contributed by atoms with Crippen LogP contribution in [0.5, 0.6) is 0 Å². The van der Waals surface area contributed by atoms with Gasteiger partial charge in [-0.3, -0.25) is 4.79 Å². The molecule has 4 rings (SSSR count). The Labute approximate surface area is 143 Å². The van der Waals surface area contributed by atoms with Crippen LogP contribution in [0.2, 0.25) is 0 Å². The average molecular weight is 323 g/mol. The van der Waals surface area contributed by atoms with E-state index >= 15 is 0 Å². The molecule has 1 aromatic heterocycles. The van der Waals surface area contributed by atoms with Crippen molar-refractivity contribution in [3.8, 4) is 5.69 Å². The minimum Gasteiger partial charge on any atom is -0.341 e. The van der Waals surface area contributed by atoms with Crippen molar-refractivity contribution in [3.63, 3.8) is 0 Å². The Kier molecular flexibility index (Phi) is 4.13. The molecule has 0 N–H and O–H groups in total. The summed E-state index contributed by atoms with van der Waals surface area (Å²) in [7, 11) is 1.91. The molecular weight excluding hydrogens is 298 g/mol. The van der Waals surface area contributed by atoms with E-state index in [2.05, 4.69) is 5.10 Å². The van der Waals surface area contributed by atoms with Crippen LogP contribution in [0.25, 0.3) is 5.69 Å². The first kappa shape index (κ1) is 15.4. The van der Waals surface area contributed by atoms with Crippen LogP contribution >= 0.6 is 0 Å². The maximum absolute atomic E-state index is 12.6. The predicted octanol–water partition coefficient (Wildman–Crippen LogP) is 3.66. The molecule has 3 unspecified atom stereocenters. The Morgan fingerprint density at radius 3 is 2.79 bits per heavy atom. The highest BCUT2D eigenvalue weighted by Gasteiger charge is 2.40. The van der Waals surface area contributed by atoms with Gasteiger partial charge >= 0.3 is 0 Å². The van der Waals surface area contributed by atoms with E-state index in [1.807, 2.05) is 59.4 Å². The molecule has 4 nitrogen and oxygen atoms in total. The largest absolute Gasteiger partial charge is 0.341 e. The van der Waals surface area contributed by atoms with Crippen LogP contribution in [0.15, 0.2) is 42.7 Å². The minimum absolute atomic E-state index is 0.278. The summed E-state index contributed by atoms with van der Waals surface area (Å²) < 4.78 is 1.86. The second-order valence-electron chi connectivity index (χ2n) is 7.52. The zero-order valence-corrected chi connectivity index (χ0v) is 14.3. The predicted molar refractivity (Wildman–Crippen MR) is 93.6 cm³/mol. The number of amides is 1. The molecule has 2 aliphatic rings. The molecule has 2 saturated carbocycles. The van der Waals surface area contributed by atoms with Gasteiger partial charge in [-0.05, 0) is 49.1 Å². The Morgan fingerprint density at radius 2 is 2.08 bits per heavy atom. The van der Waals surface area contributed by atoms with Crippen molar-refractivity contribution in [3.05, 3.63) is 48.3 Å². The van der Waals surface area contributed by atoms with Gasteiger partial charge in [0.2, 0.25) is 5.91 Å². The highest BCUT2D eigenvalue weighted by atomic mass is 16.2. The molecule has 4 heteroatoms. The summed E-state index contributed by atoms with van der Waals surface area (Å²) in [6, 6.07) is 10.1. The van der Waals surface area contributed by atoms with Crippen molar-refractivity contribution in [2.24, 2.45) is 17.8 Å². The van der Waals surface area contributed by atoms with E-state index in [1.165, 1.54) is 25.7 Å². The van der Waals surface area contributed by atoms with E-state index in [0.717, 1.165) is 29.5 Å². The number of carbonyl (C=O) groups excluding carboxylic acids is 1. The Hall–Kier alpha value is -2.10. The number of hydrogen-bond donors (Lipinski definition) is 0. The zero-order valence-electron chi connectivity index (χ0n) is 14.3. The van der Waals surface area contributed by atoms with Gasteiger partial charge in [-0.15, -0.1) is 0 Å². The van der Waals surface area contributed by atoms with Crippen molar-refractivity contribution in [2.45, 2.75) is 38.6 Å². The summed E-state index contributed by atoms with van der Waals surface area (Å²) in [5.74, 6) is 2.63. The lowest BCUT2D eigenvalue weighted by Crippen LogP contribution is -2.29. The van der Waals surface area contributed by atoms with Crippen LogP contribution in [0.4, 0.5) is 0 Å². The second kappa shape index (κ2) is 6.42. The summed E-state index contributed by atoms with van der Waals surface area (Å²) in [5, 5.41) is 4.41. The number of para-hydroxylation sites is 1. The number of fused-ring (bicyclic) bond motifs is 2. The molecule has 3 atom stereocenters. The van der Waals surface area contributed by atoms with Crippen molar-refractivity contribution in [2.75, 3.05) is 7.05 Å². The number of benzene rings is 1. The van der Waals surface area contributed by atoms with Crippen molar-refractivity contribution in [1.29, 1.82) is 0 Å². The summed E-state index contributed by atoms with van der Waals surface area (Å²) in [5.41, 5.74) is 2.11. The van der Waals surface area contributed by atoms with Gasteiger partial charge in [0, 0.05) is 31.8 Å².